The number of piperidine rings is 1. The molecule has 1 aliphatic heterocycles. The van der Waals surface area contributed by atoms with Crippen molar-refractivity contribution in [3.63, 3.8) is 0 Å². The van der Waals surface area contributed by atoms with Crippen molar-refractivity contribution in [1.82, 2.24) is 9.62 Å². The molecule has 3 rings (SSSR count). The molecule has 1 aliphatic rings. The van der Waals surface area contributed by atoms with Gasteiger partial charge in [-0.3, -0.25) is 4.79 Å². The zero-order valence-electron chi connectivity index (χ0n) is 18.6. The van der Waals surface area contributed by atoms with Crippen LogP contribution in [-0.2, 0) is 20.2 Å². The van der Waals surface area contributed by atoms with Gasteiger partial charge in [0, 0.05) is 19.0 Å². The third-order valence-corrected chi connectivity index (χ3v) is 7.82. The summed E-state index contributed by atoms with van der Waals surface area (Å²) in [6.45, 7) is 8.98. The summed E-state index contributed by atoms with van der Waals surface area (Å²) in [5.41, 5.74) is 2.36. The number of nitrogens with zero attached hydrogens (tertiary/aromatic N) is 1. The van der Waals surface area contributed by atoms with E-state index in [1.165, 1.54) is 22.0 Å². The third kappa shape index (κ3) is 5.52. The first kappa shape index (κ1) is 23.4. The maximum absolute atomic E-state index is 13.1. The van der Waals surface area contributed by atoms with Gasteiger partial charge in [0.15, 0.2) is 0 Å². The first-order chi connectivity index (χ1) is 14.5. The lowest BCUT2D eigenvalue weighted by molar-refractivity contribution is -0.126. The highest BCUT2D eigenvalue weighted by molar-refractivity contribution is 7.89. The molecule has 1 atom stereocenters. The van der Waals surface area contributed by atoms with Gasteiger partial charge >= 0.3 is 0 Å². The van der Waals surface area contributed by atoms with E-state index in [2.05, 4.69) is 38.2 Å². The van der Waals surface area contributed by atoms with Crippen molar-refractivity contribution >= 4 is 15.9 Å². The van der Waals surface area contributed by atoms with E-state index < -0.39 is 15.8 Å². The van der Waals surface area contributed by atoms with Crippen LogP contribution in [0.4, 0.5) is 4.39 Å². The molecule has 0 unspecified atom stereocenters. The van der Waals surface area contributed by atoms with Crippen LogP contribution >= 0.6 is 0 Å². The fraction of sp³-hybridized carbons (Fsp3) is 0.458. The monoisotopic (exact) mass is 446 g/mol. The van der Waals surface area contributed by atoms with Crippen LogP contribution in [-0.4, -0.2) is 31.7 Å². The van der Waals surface area contributed by atoms with Crippen molar-refractivity contribution in [2.24, 2.45) is 5.92 Å². The van der Waals surface area contributed by atoms with Crippen molar-refractivity contribution in [2.45, 2.75) is 56.9 Å². The average Bonchev–Trinajstić information content (AvgIpc) is 2.73. The topological polar surface area (TPSA) is 66.5 Å². The van der Waals surface area contributed by atoms with Crippen molar-refractivity contribution < 1.29 is 17.6 Å². The summed E-state index contributed by atoms with van der Waals surface area (Å²) >= 11 is 0. The van der Waals surface area contributed by atoms with E-state index >= 15 is 0 Å². The Balaban J connectivity index is 1.57. The lowest BCUT2D eigenvalue weighted by Crippen LogP contribution is -2.43. The molecule has 0 radical (unpaired) electrons. The third-order valence-electron chi connectivity index (χ3n) is 5.91. The molecule has 0 aliphatic carbocycles. The van der Waals surface area contributed by atoms with Crippen LogP contribution in [0.5, 0.6) is 0 Å². The number of halogens is 1. The number of hydrogen-bond donors (Lipinski definition) is 1. The SMILES string of the molecule is C[C@@H](NC(=O)C1CCN(S(=O)(=O)c2ccc(F)cc2)CC1)c1ccc(C(C)(C)C)cc1. The van der Waals surface area contributed by atoms with Gasteiger partial charge in [0.05, 0.1) is 10.9 Å². The summed E-state index contributed by atoms with van der Waals surface area (Å²) < 4.78 is 40.0. The zero-order chi connectivity index (χ0) is 22.8. The summed E-state index contributed by atoms with van der Waals surface area (Å²) in [5.74, 6) is -0.751. The second-order valence-electron chi connectivity index (χ2n) is 9.23. The number of benzene rings is 2. The first-order valence-corrected chi connectivity index (χ1v) is 12.1. The Morgan fingerprint density at radius 3 is 2.10 bits per heavy atom. The van der Waals surface area contributed by atoms with Crippen molar-refractivity contribution in [3.8, 4) is 0 Å². The smallest absolute Gasteiger partial charge is 0.243 e. The van der Waals surface area contributed by atoms with Gasteiger partial charge in [-0.15, -0.1) is 0 Å². The van der Waals surface area contributed by atoms with Crippen LogP contribution in [0.1, 0.15) is 57.7 Å². The summed E-state index contributed by atoms with van der Waals surface area (Å²) in [4.78, 5) is 12.8. The maximum Gasteiger partial charge on any atom is 0.243 e. The lowest BCUT2D eigenvalue weighted by Gasteiger charge is -2.31. The van der Waals surface area contributed by atoms with Crippen LogP contribution in [0, 0.1) is 11.7 Å². The molecule has 1 heterocycles. The molecule has 7 heteroatoms. The van der Waals surface area contributed by atoms with Gasteiger partial charge < -0.3 is 5.32 Å². The van der Waals surface area contributed by atoms with E-state index in [4.69, 9.17) is 0 Å². The standard InChI is InChI=1S/C24H31FN2O3S/c1-17(18-5-7-20(8-6-18)24(2,3)4)26-23(28)19-13-15-27(16-14-19)31(29,30)22-11-9-21(25)10-12-22/h5-12,17,19H,13-16H2,1-4H3,(H,26,28)/t17-/m1/s1. The molecule has 0 bridgehead atoms. The minimum Gasteiger partial charge on any atom is -0.349 e. The van der Waals surface area contributed by atoms with E-state index in [0.29, 0.717) is 12.8 Å². The number of nitrogens with one attached hydrogen (secondary N) is 1. The minimum atomic E-state index is -3.68. The number of amides is 1. The molecule has 31 heavy (non-hydrogen) atoms. The van der Waals surface area contributed by atoms with Crippen LogP contribution in [0.15, 0.2) is 53.4 Å². The highest BCUT2D eigenvalue weighted by Crippen LogP contribution is 2.26. The summed E-state index contributed by atoms with van der Waals surface area (Å²) in [7, 11) is -3.68. The van der Waals surface area contributed by atoms with Gasteiger partial charge in [0.25, 0.3) is 0 Å². The van der Waals surface area contributed by atoms with Gasteiger partial charge in [-0.2, -0.15) is 4.31 Å². The molecule has 1 amide bonds. The van der Waals surface area contributed by atoms with Gasteiger partial charge in [-0.25, -0.2) is 12.8 Å². The van der Waals surface area contributed by atoms with E-state index in [0.717, 1.165) is 17.7 Å². The fourth-order valence-electron chi connectivity index (χ4n) is 3.80. The van der Waals surface area contributed by atoms with Gasteiger partial charge in [-0.05, 0) is 60.6 Å². The summed E-state index contributed by atoms with van der Waals surface area (Å²) in [6.07, 6.45) is 0.921. The van der Waals surface area contributed by atoms with Gasteiger partial charge in [-0.1, -0.05) is 45.0 Å². The van der Waals surface area contributed by atoms with E-state index in [9.17, 15) is 17.6 Å². The highest BCUT2D eigenvalue weighted by Gasteiger charge is 2.32. The highest BCUT2D eigenvalue weighted by atomic mass is 32.2. The minimum absolute atomic E-state index is 0.0498. The fourth-order valence-corrected chi connectivity index (χ4v) is 5.27. The number of carbonyl (C=O) groups excluding carboxylic acids is 1. The van der Waals surface area contributed by atoms with Crippen LogP contribution < -0.4 is 5.32 Å². The molecular weight excluding hydrogens is 415 g/mol. The van der Waals surface area contributed by atoms with Crippen LogP contribution in [0.3, 0.4) is 0 Å². The summed E-state index contributed by atoms with van der Waals surface area (Å²) in [6, 6.07) is 13.0. The molecule has 0 saturated carbocycles. The van der Waals surface area contributed by atoms with Crippen molar-refractivity contribution in [3.05, 3.63) is 65.5 Å². The molecule has 1 fully saturated rings. The predicted octanol–water partition coefficient (Wildman–Crippen LogP) is 4.40. The molecule has 168 valence electrons. The van der Waals surface area contributed by atoms with Crippen molar-refractivity contribution in [2.75, 3.05) is 13.1 Å². The average molecular weight is 447 g/mol. The largest absolute Gasteiger partial charge is 0.349 e. The second-order valence-corrected chi connectivity index (χ2v) is 11.2. The molecule has 2 aromatic rings. The first-order valence-electron chi connectivity index (χ1n) is 10.6. The quantitative estimate of drug-likeness (QED) is 0.740. The number of rotatable bonds is 5. The molecule has 5 nitrogen and oxygen atoms in total. The maximum atomic E-state index is 13.1. The Morgan fingerprint density at radius 2 is 1.58 bits per heavy atom. The Hall–Kier alpha value is -2.25. The molecule has 2 aromatic carbocycles. The van der Waals surface area contributed by atoms with Crippen molar-refractivity contribution in [1.29, 1.82) is 0 Å². The van der Waals surface area contributed by atoms with E-state index in [-0.39, 0.29) is 41.3 Å². The lowest BCUT2D eigenvalue weighted by atomic mass is 9.86. The Kier molecular flexibility index (Phi) is 6.86. The number of hydrogen-bond acceptors (Lipinski definition) is 3. The molecule has 1 N–H and O–H groups in total. The van der Waals surface area contributed by atoms with Gasteiger partial charge in [0.2, 0.25) is 15.9 Å². The molecule has 0 spiro atoms. The predicted molar refractivity (Wildman–Crippen MR) is 120 cm³/mol. The summed E-state index contributed by atoms with van der Waals surface area (Å²) in [5, 5.41) is 3.07. The molecular formula is C24H31FN2O3S. The van der Waals surface area contributed by atoms with E-state index in [1.54, 1.807) is 0 Å². The molecule has 1 saturated heterocycles. The normalized spacial score (nSPS) is 17.3. The second kappa shape index (κ2) is 9.09. The Labute approximate surface area is 184 Å². The zero-order valence-corrected chi connectivity index (χ0v) is 19.4. The van der Waals surface area contributed by atoms with Crippen LogP contribution in [0.2, 0.25) is 0 Å². The Morgan fingerprint density at radius 1 is 1.03 bits per heavy atom. The number of carbonyl (C=O) groups is 1. The van der Waals surface area contributed by atoms with Gasteiger partial charge in [0.1, 0.15) is 5.82 Å². The number of sulfonamides is 1. The van der Waals surface area contributed by atoms with E-state index in [1.807, 2.05) is 19.1 Å². The Bertz CT molecular complexity index is 1000. The van der Waals surface area contributed by atoms with Crippen LogP contribution in [0.25, 0.3) is 0 Å². The molecule has 0 aromatic heterocycles.